The molecule has 0 saturated carbocycles. The van der Waals surface area contributed by atoms with Gasteiger partial charge < -0.3 is 21.0 Å². The summed E-state index contributed by atoms with van der Waals surface area (Å²) in [5.41, 5.74) is 6.25. The molecule has 0 aliphatic heterocycles. The van der Waals surface area contributed by atoms with Gasteiger partial charge in [-0.05, 0) is 12.5 Å². The molecule has 0 saturated heterocycles. The second-order valence-corrected chi connectivity index (χ2v) is 4.34. The van der Waals surface area contributed by atoms with E-state index in [0.717, 1.165) is 4.88 Å². The van der Waals surface area contributed by atoms with Crippen LogP contribution in [0, 0.1) is 0 Å². The average Bonchev–Trinajstić information content (AvgIpc) is 2.74. The van der Waals surface area contributed by atoms with Crippen molar-refractivity contribution in [1.82, 2.24) is 5.32 Å². The number of amides is 1. The summed E-state index contributed by atoms with van der Waals surface area (Å²) < 4.78 is 0. The highest BCUT2D eigenvalue weighted by Gasteiger charge is 2.05. The van der Waals surface area contributed by atoms with Crippen molar-refractivity contribution in [3.63, 3.8) is 0 Å². The number of oxime groups is 1. The highest BCUT2D eigenvalue weighted by atomic mass is 32.1. The number of hydrogen-bond acceptors (Lipinski definition) is 5. The first-order chi connectivity index (χ1) is 8.49. The molecule has 1 aromatic rings. The van der Waals surface area contributed by atoms with Gasteiger partial charge in [-0.15, -0.1) is 11.3 Å². The molecular weight excluding hydrogens is 258 g/mol. The number of nitrogens with two attached hydrogens (primary N) is 1. The summed E-state index contributed by atoms with van der Waals surface area (Å²) >= 11 is 1.43. The Hall–Kier alpha value is -2.09. The Morgan fingerprint density at radius 2 is 2.33 bits per heavy atom. The summed E-state index contributed by atoms with van der Waals surface area (Å²) in [5, 5.41) is 15.9. The summed E-state index contributed by atoms with van der Waals surface area (Å²) in [6.07, 6.45) is -0.486. The zero-order valence-electron chi connectivity index (χ0n) is 9.67. The molecule has 0 aromatic carbocycles. The van der Waals surface area contributed by atoms with Gasteiger partial charge in [-0.1, -0.05) is 5.16 Å². The number of nitrogens with zero attached hydrogens (tertiary/aromatic N) is 1. The largest absolute Gasteiger partial charge is 0.465 e. The second kappa shape index (κ2) is 6.60. The van der Waals surface area contributed by atoms with Crippen LogP contribution < -0.4 is 11.1 Å². The molecule has 1 heterocycles. The van der Waals surface area contributed by atoms with E-state index >= 15 is 0 Å². The molecule has 4 N–H and O–H groups in total. The monoisotopic (exact) mass is 271 g/mol. The van der Waals surface area contributed by atoms with Crippen LogP contribution in [0.15, 0.2) is 16.6 Å². The topological polar surface area (TPSA) is 114 Å². The zero-order chi connectivity index (χ0) is 13.5. The highest BCUT2D eigenvalue weighted by Crippen LogP contribution is 2.14. The summed E-state index contributed by atoms with van der Waals surface area (Å²) in [7, 11) is 0. The molecule has 0 spiro atoms. The van der Waals surface area contributed by atoms with Crippen molar-refractivity contribution in [2.45, 2.75) is 13.3 Å². The van der Waals surface area contributed by atoms with E-state index in [1.54, 1.807) is 11.4 Å². The first-order valence-corrected chi connectivity index (χ1v) is 5.92. The highest BCUT2D eigenvalue weighted by molar-refractivity contribution is 7.10. The van der Waals surface area contributed by atoms with E-state index in [-0.39, 0.29) is 5.84 Å². The maximum atomic E-state index is 10.5. The molecule has 0 unspecified atom stereocenters. The van der Waals surface area contributed by atoms with Gasteiger partial charge in [-0.25, -0.2) is 9.59 Å². The van der Waals surface area contributed by atoms with E-state index in [1.807, 2.05) is 0 Å². The van der Waals surface area contributed by atoms with Crippen LogP contribution in [-0.4, -0.2) is 29.5 Å². The lowest BCUT2D eigenvalue weighted by Crippen LogP contribution is -2.23. The predicted octanol–water partition coefficient (Wildman–Crippen LogP) is 0.742. The van der Waals surface area contributed by atoms with Gasteiger partial charge in [-0.2, -0.15) is 0 Å². The Labute approximate surface area is 107 Å². The number of thiophene rings is 1. The lowest BCUT2D eigenvalue weighted by molar-refractivity contribution is -0.140. The molecule has 0 aliphatic carbocycles. The maximum absolute atomic E-state index is 10.5. The van der Waals surface area contributed by atoms with Crippen molar-refractivity contribution < 1.29 is 19.5 Å². The van der Waals surface area contributed by atoms with Crippen molar-refractivity contribution in [3.8, 4) is 0 Å². The van der Waals surface area contributed by atoms with Gasteiger partial charge in [0.05, 0.1) is 0 Å². The van der Waals surface area contributed by atoms with Crippen LogP contribution in [0.5, 0.6) is 0 Å². The van der Waals surface area contributed by atoms with E-state index in [4.69, 9.17) is 10.8 Å². The Morgan fingerprint density at radius 1 is 1.61 bits per heavy atom. The molecule has 18 heavy (non-hydrogen) atoms. The maximum Gasteiger partial charge on any atom is 0.404 e. The van der Waals surface area contributed by atoms with Crippen LogP contribution in [0.1, 0.15) is 17.4 Å². The van der Waals surface area contributed by atoms with E-state index in [0.29, 0.717) is 18.5 Å². The van der Waals surface area contributed by atoms with Crippen LogP contribution in [0.25, 0.3) is 0 Å². The summed E-state index contributed by atoms with van der Waals surface area (Å²) in [4.78, 5) is 26.2. The lowest BCUT2D eigenvalue weighted by Gasteiger charge is -1.97. The minimum atomic E-state index is -1.05. The molecule has 0 radical (unpaired) electrons. The van der Waals surface area contributed by atoms with Gasteiger partial charge in [0, 0.05) is 29.3 Å². The van der Waals surface area contributed by atoms with Crippen molar-refractivity contribution in [1.29, 1.82) is 0 Å². The molecule has 0 bridgehead atoms. The summed E-state index contributed by atoms with van der Waals surface area (Å²) in [5.74, 6) is -0.432. The Morgan fingerprint density at radius 3 is 2.94 bits per heavy atom. The molecule has 98 valence electrons. The number of carboxylic acid groups (broad SMARTS) is 1. The molecule has 1 amide bonds. The van der Waals surface area contributed by atoms with Crippen molar-refractivity contribution in [2.24, 2.45) is 10.9 Å². The number of rotatable bonds is 5. The van der Waals surface area contributed by atoms with E-state index in [1.165, 1.54) is 18.3 Å². The summed E-state index contributed by atoms with van der Waals surface area (Å²) in [6, 6.07) is 1.77. The number of carbonyl (C=O) groups excluding carboxylic acids is 1. The second-order valence-electron chi connectivity index (χ2n) is 3.34. The standard InChI is InChI=1S/C10H13N3O4S/c1-6(14)17-13-9(11)7-4-8(18-5-7)2-3-12-10(15)16/h4-5,12H,2-3H2,1H3,(H2,11,13)(H,15,16). The third kappa shape index (κ3) is 4.83. The fraction of sp³-hybridized carbons (Fsp3) is 0.300. The van der Waals surface area contributed by atoms with E-state index in [9.17, 15) is 9.59 Å². The van der Waals surface area contributed by atoms with Crippen LogP contribution in [0.3, 0.4) is 0 Å². The fourth-order valence-corrected chi connectivity index (χ4v) is 1.99. The predicted molar refractivity (Wildman–Crippen MR) is 66.5 cm³/mol. The number of amidine groups is 1. The van der Waals surface area contributed by atoms with Crippen LogP contribution >= 0.6 is 11.3 Å². The normalized spacial score (nSPS) is 11.1. The van der Waals surface area contributed by atoms with Gasteiger partial charge >= 0.3 is 12.1 Å². The molecule has 0 atom stereocenters. The van der Waals surface area contributed by atoms with Crippen LogP contribution in [0.4, 0.5) is 4.79 Å². The SMILES string of the molecule is CC(=O)ON=C(N)c1csc(CCNC(=O)O)c1. The van der Waals surface area contributed by atoms with Gasteiger partial charge in [0.25, 0.3) is 0 Å². The Kier molecular flexibility index (Phi) is 5.12. The quantitative estimate of drug-likeness (QED) is 0.316. The first kappa shape index (κ1) is 14.0. The molecule has 1 rings (SSSR count). The van der Waals surface area contributed by atoms with Gasteiger partial charge in [-0.3, -0.25) is 0 Å². The minimum Gasteiger partial charge on any atom is -0.465 e. The number of nitrogens with one attached hydrogen (secondary N) is 1. The van der Waals surface area contributed by atoms with Crippen LogP contribution in [0.2, 0.25) is 0 Å². The number of carbonyl (C=O) groups is 2. The van der Waals surface area contributed by atoms with Crippen LogP contribution in [-0.2, 0) is 16.1 Å². The summed E-state index contributed by atoms with van der Waals surface area (Å²) in [6.45, 7) is 1.56. The molecular formula is C10H13N3O4S. The van der Waals surface area contributed by atoms with E-state index < -0.39 is 12.1 Å². The van der Waals surface area contributed by atoms with Crippen molar-refractivity contribution in [2.75, 3.05) is 6.54 Å². The zero-order valence-corrected chi connectivity index (χ0v) is 10.5. The van der Waals surface area contributed by atoms with Gasteiger partial charge in [0.1, 0.15) is 0 Å². The fourth-order valence-electron chi connectivity index (χ4n) is 1.10. The average molecular weight is 271 g/mol. The Bertz CT molecular complexity index is 469. The molecule has 1 aromatic heterocycles. The molecule has 0 fully saturated rings. The third-order valence-electron chi connectivity index (χ3n) is 1.87. The molecule has 8 heteroatoms. The van der Waals surface area contributed by atoms with Gasteiger partial charge in [0.2, 0.25) is 0 Å². The third-order valence-corrected chi connectivity index (χ3v) is 2.87. The van der Waals surface area contributed by atoms with Crippen molar-refractivity contribution in [3.05, 3.63) is 21.9 Å². The van der Waals surface area contributed by atoms with Crippen molar-refractivity contribution >= 4 is 29.2 Å². The molecule has 0 aliphatic rings. The Balaban J connectivity index is 2.54. The van der Waals surface area contributed by atoms with E-state index in [2.05, 4.69) is 15.3 Å². The number of hydrogen-bond donors (Lipinski definition) is 3. The smallest absolute Gasteiger partial charge is 0.404 e. The molecule has 7 nitrogen and oxygen atoms in total. The van der Waals surface area contributed by atoms with Gasteiger partial charge in [0.15, 0.2) is 5.84 Å². The minimum absolute atomic E-state index is 0.110. The first-order valence-electron chi connectivity index (χ1n) is 5.04. The lowest BCUT2D eigenvalue weighted by atomic mass is 10.2.